The monoisotopic (exact) mass is 313 g/mol. The summed E-state index contributed by atoms with van der Waals surface area (Å²) in [6.45, 7) is 7.37. The van der Waals surface area contributed by atoms with Crippen LogP contribution < -0.4 is 5.32 Å². The molecule has 1 aliphatic heterocycles. The Labute approximate surface area is 128 Å². The number of aromatic nitrogens is 1. The van der Waals surface area contributed by atoms with Crippen LogP contribution in [0, 0.1) is 5.92 Å². The fourth-order valence-electron chi connectivity index (χ4n) is 2.81. The molecule has 1 unspecified atom stereocenters. The van der Waals surface area contributed by atoms with Gasteiger partial charge in [0, 0.05) is 44.6 Å². The van der Waals surface area contributed by atoms with Crippen LogP contribution in [0.3, 0.4) is 0 Å². The Morgan fingerprint density at radius 3 is 2.86 bits per heavy atom. The van der Waals surface area contributed by atoms with Crippen LogP contribution >= 0.6 is 0 Å². The largest absolute Gasteiger partial charge is 0.354 e. The van der Waals surface area contributed by atoms with Crippen molar-refractivity contribution in [2.24, 2.45) is 5.92 Å². The average Bonchev–Trinajstić information content (AvgIpc) is 2.83. The molecule has 1 saturated heterocycles. The SMILES string of the molecule is CC(C)NCc1ccn(CC2CCCN(S(C)(=O)=O)C2)c1. The Morgan fingerprint density at radius 1 is 1.43 bits per heavy atom. The smallest absolute Gasteiger partial charge is 0.211 e. The van der Waals surface area contributed by atoms with Gasteiger partial charge in [0.15, 0.2) is 0 Å². The van der Waals surface area contributed by atoms with Gasteiger partial charge in [-0.15, -0.1) is 0 Å². The maximum Gasteiger partial charge on any atom is 0.211 e. The highest BCUT2D eigenvalue weighted by Gasteiger charge is 2.25. The molecule has 21 heavy (non-hydrogen) atoms. The lowest BCUT2D eigenvalue weighted by Gasteiger charge is -2.31. The molecule has 1 aliphatic rings. The zero-order valence-corrected chi connectivity index (χ0v) is 14.1. The first-order valence-electron chi connectivity index (χ1n) is 7.68. The van der Waals surface area contributed by atoms with Crippen molar-refractivity contribution in [3.05, 3.63) is 24.0 Å². The molecule has 1 fully saturated rings. The molecular formula is C15H27N3O2S. The van der Waals surface area contributed by atoms with Crippen molar-refractivity contribution in [3.63, 3.8) is 0 Å². The second-order valence-electron chi connectivity index (χ2n) is 6.38. The van der Waals surface area contributed by atoms with Crippen LogP contribution in [0.25, 0.3) is 0 Å². The highest BCUT2D eigenvalue weighted by molar-refractivity contribution is 7.88. The van der Waals surface area contributed by atoms with E-state index in [0.29, 0.717) is 25.0 Å². The van der Waals surface area contributed by atoms with Crippen LogP contribution in [0.1, 0.15) is 32.3 Å². The van der Waals surface area contributed by atoms with Gasteiger partial charge in [-0.1, -0.05) is 13.8 Å². The van der Waals surface area contributed by atoms with Crippen molar-refractivity contribution in [2.45, 2.75) is 45.8 Å². The third kappa shape index (κ3) is 5.13. The van der Waals surface area contributed by atoms with Gasteiger partial charge in [-0.3, -0.25) is 0 Å². The Morgan fingerprint density at radius 2 is 2.19 bits per heavy atom. The molecule has 6 heteroatoms. The minimum Gasteiger partial charge on any atom is -0.354 e. The molecule has 2 rings (SSSR count). The molecule has 0 amide bonds. The molecular weight excluding hydrogens is 286 g/mol. The number of rotatable bonds is 6. The van der Waals surface area contributed by atoms with Gasteiger partial charge in [-0.05, 0) is 30.4 Å². The molecule has 0 radical (unpaired) electrons. The first-order chi connectivity index (χ1) is 9.84. The highest BCUT2D eigenvalue weighted by Crippen LogP contribution is 2.20. The number of nitrogens with zero attached hydrogens (tertiary/aromatic N) is 2. The van der Waals surface area contributed by atoms with Gasteiger partial charge in [0.1, 0.15) is 0 Å². The summed E-state index contributed by atoms with van der Waals surface area (Å²) in [6, 6.07) is 2.61. The predicted molar refractivity (Wildman–Crippen MR) is 85.5 cm³/mol. The van der Waals surface area contributed by atoms with Gasteiger partial charge >= 0.3 is 0 Å². The van der Waals surface area contributed by atoms with Crippen LogP contribution in [-0.2, 0) is 23.1 Å². The number of hydrogen-bond donors (Lipinski definition) is 1. The Hall–Kier alpha value is -0.850. The summed E-state index contributed by atoms with van der Waals surface area (Å²) in [5.41, 5.74) is 1.28. The van der Waals surface area contributed by atoms with Crippen molar-refractivity contribution in [3.8, 4) is 0 Å². The number of hydrogen-bond acceptors (Lipinski definition) is 3. The van der Waals surface area contributed by atoms with Crippen LogP contribution in [0.4, 0.5) is 0 Å². The van der Waals surface area contributed by atoms with E-state index < -0.39 is 10.0 Å². The molecule has 0 aliphatic carbocycles. The highest BCUT2D eigenvalue weighted by atomic mass is 32.2. The van der Waals surface area contributed by atoms with Crippen molar-refractivity contribution in [1.82, 2.24) is 14.2 Å². The third-order valence-electron chi connectivity index (χ3n) is 3.95. The maximum atomic E-state index is 11.6. The molecule has 120 valence electrons. The number of sulfonamides is 1. The lowest BCUT2D eigenvalue weighted by molar-refractivity contribution is 0.246. The van der Waals surface area contributed by atoms with Crippen molar-refractivity contribution >= 4 is 10.0 Å². The molecule has 0 spiro atoms. The van der Waals surface area contributed by atoms with E-state index in [2.05, 4.69) is 42.2 Å². The summed E-state index contributed by atoms with van der Waals surface area (Å²) in [6.07, 6.45) is 7.62. The standard InChI is InChI=1S/C15H27N3O2S/c1-13(2)16-9-14-6-8-17(10-14)11-15-5-4-7-18(12-15)21(3,19)20/h6,8,10,13,15-16H,4-5,7,9,11-12H2,1-3H3. The normalized spacial score (nSPS) is 21.0. The quantitative estimate of drug-likeness (QED) is 0.869. The molecule has 2 heterocycles. The van der Waals surface area contributed by atoms with Gasteiger partial charge in [0.05, 0.1) is 6.26 Å². The summed E-state index contributed by atoms with van der Waals surface area (Å²) in [5, 5.41) is 3.40. The summed E-state index contributed by atoms with van der Waals surface area (Å²) in [5.74, 6) is 0.409. The van der Waals surface area contributed by atoms with Crippen LogP contribution in [0.5, 0.6) is 0 Å². The van der Waals surface area contributed by atoms with E-state index in [-0.39, 0.29) is 0 Å². The first kappa shape index (κ1) is 16.5. The molecule has 1 aromatic heterocycles. The Bertz CT molecular complexity index is 551. The zero-order valence-electron chi connectivity index (χ0n) is 13.2. The second kappa shape index (κ2) is 6.94. The van der Waals surface area contributed by atoms with Gasteiger partial charge in [-0.25, -0.2) is 12.7 Å². The van der Waals surface area contributed by atoms with E-state index in [4.69, 9.17) is 0 Å². The zero-order chi connectivity index (χ0) is 15.5. The van der Waals surface area contributed by atoms with Crippen molar-refractivity contribution in [1.29, 1.82) is 0 Å². The molecule has 1 atom stereocenters. The fraction of sp³-hybridized carbons (Fsp3) is 0.733. The summed E-state index contributed by atoms with van der Waals surface area (Å²) >= 11 is 0. The first-order valence-corrected chi connectivity index (χ1v) is 9.52. The molecule has 0 saturated carbocycles. The average molecular weight is 313 g/mol. The minimum absolute atomic E-state index is 0.409. The second-order valence-corrected chi connectivity index (χ2v) is 8.36. The summed E-state index contributed by atoms with van der Waals surface area (Å²) in [4.78, 5) is 0. The van der Waals surface area contributed by atoms with Gasteiger partial charge in [-0.2, -0.15) is 0 Å². The topological polar surface area (TPSA) is 54.3 Å². The van der Waals surface area contributed by atoms with Gasteiger partial charge in [0.2, 0.25) is 10.0 Å². The van der Waals surface area contributed by atoms with Crippen molar-refractivity contribution in [2.75, 3.05) is 19.3 Å². The fourth-order valence-corrected chi connectivity index (χ4v) is 3.75. The van der Waals surface area contributed by atoms with E-state index in [1.165, 1.54) is 11.8 Å². The van der Waals surface area contributed by atoms with Crippen LogP contribution in [-0.4, -0.2) is 42.7 Å². The molecule has 0 bridgehead atoms. The van der Waals surface area contributed by atoms with Crippen molar-refractivity contribution < 1.29 is 8.42 Å². The Balaban J connectivity index is 1.89. The lowest BCUT2D eigenvalue weighted by Crippen LogP contribution is -2.40. The van der Waals surface area contributed by atoms with E-state index in [0.717, 1.165) is 25.9 Å². The molecule has 5 nitrogen and oxygen atoms in total. The number of nitrogens with one attached hydrogen (secondary N) is 1. The summed E-state index contributed by atoms with van der Waals surface area (Å²) in [7, 11) is -3.05. The minimum atomic E-state index is -3.05. The van der Waals surface area contributed by atoms with E-state index in [1.807, 2.05) is 0 Å². The molecule has 0 aromatic carbocycles. The van der Waals surface area contributed by atoms with Crippen LogP contribution in [0.15, 0.2) is 18.5 Å². The Kier molecular flexibility index (Phi) is 5.46. The number of piperidine rings is 1. The van der Waals surface area contributed by atoms with Crippen LogP contribution in [0.2, 0.25) is 0 Å². The van der Waals surface area contributed by atoms with E-state index >= 15 is 0 Å². The van der Waals surface area contributed by atoms with E-state index in [9.17, 15) is 8.42 Å². The maximum absolute atomic E-state index is 11.6. The molecule has 1 aromatic rings. The van der Waals surface area contributed by atoms with Gasteiger partial charge < -0.3 is 9.88 Å². The van der Waals surface area contributed by atoms with E-state index in [1.54, 1.807) is 4.31 Å². The predicted octanol–water partition coefficient (Wildman–Crippen LogP) is 1.66. The molecule has 1 N–H and O–H groups in total. The lowest BCUT2D eigenvalue weighted by atomic mass is 10.00. The third-order valence-corrected chi connectivity index (χ3v) is 5.22. The summed E-state index contributed by atoms with van der Waals surface area (Å²) < 4.78 is 27.1. The van der Waals surface area contributed by atoms with Gasteiger partial charge in [0.25, 0.3) is 0 Å².